The van der Waals surface area contributed by atoms with Crippen molar-refractivity contribution < 1.29 is 17.5 Å². The lowest BCUT2D eigenvalue weighted by atomic mass is 10.2. The zero-order valence-electron chi connectivity index (χ0n) is 16.4. The Balaban J connectivity index is 1.32. The van der Waals surface area contributed by atoms with Gasteiger partial charge < -0.3 is 13.9 Å². The summed E-state index contributed by atoms with van der Waals surface area (Å²) in [6.45, 7) is 6.13. The van der Waals surface area contributed by atoms with Crippen molar-refractivity contribution in [2.24, 2.45) is 0 Å². The van der Waals surface area contributed by atoms with E-state index in [4.69, 9.17) is 9.05 Å². The van der Waals surface area contributed by atoms with Gasteiger partial charge in [-0.15, -0.1) is 0 Å². The Hall–Kier alpha value is -2.56. The van der Waals surface area contributed by atoms with Crippen LogP contribution in [0.15, 0.2) is 44.3 Å². The van der Waals surface area contributed by atoms with E-state index in [9.17, 15) is 8.42 Å². The Kier molecular flexibility index (Phi) is 5.48. The highest BCUT2D eigenvalue weighted by molar-refractivity contribution is 7.89. The number of aryl methyl sites for hydroxylation is 2. The topological polar surface area (TPSA) is 106 Å². The van der Waals surface area contributed by atoms with Gasteiger partial charge in [-0.1, -0.05) is 40.6 Å². The van der Waals surface area contributed by atoms with Crippen LogP contribution in [0.2, 0.25) is 0 Å². The quantitative estimate of drug-likeness (QED) is 0.599. The number of hydrogen-bond donors (Lipinski definition) is 0. The van der Waals surface area contributed by atoms with E-state index in [-0.39, 0.29) is 4.90 Å². The van der Waals surface area contributed by atoms with E-state index in [0.717, 1.165) is 12.1 Å². The molecule has 0 unspecified atom stereocenters. The summed E-state index contributed by atoms with van der Waals surface area (Å²) in [6, 6.07) is 9.68. The molecule has 1 aliphatic rings. The SMILES string of the molecule is Cc1noc(C)c1S(=O)(=O)N1CCN(CCc2nc(-c3ccccc3)no2)CC1. The normalized spacial score (nSPS) is 16.3. The number of hydrogen-bond acceptors (Lipinski definition) is 8. The van der Waals surface area contributed by atoms with Crippen LogP contribution < -0.4 is 0 Å². The smallest absolute Gasteiger partial charge is 0.248 e. The average molecular weight is 417 g/mol. The standard InChI is InChI=1S/C19H23N5O4S/c1-14-18(15(2)27-21-14)29(25,26)24-12-10-23(11-13-24)9-8-17-20-19(22-28-17)16-6-4-3-5-7-16/h3-7H,8-13H2,1-2H3. The average Bonchev–Trinajstić information content (AvgIpc) is 3.34. The first-order valence-corrected chi connectivity index (χ1v) is 10.9. The monoisotopic (exact) mass is 417 g/mol. The predicted octanol–water partition coefficient (Wildman–Crippen LogP) is 1.89. The van der Waals surface area contributed by atoms with Crippen LogP contribution in [0.5, 0.6) is 0 Å². The molecule has 0 aliphatic carbocycles. The highest BCUT2D eigenvalue weighted by Gasteiger charge is 2.33. The van der Waals surface area contributed by atoms with Crippen molar-refractivity contribution in [1.29, 1.82) is 0 Å². The number of benzene rings is 1. The Labute approximate surface area is 169 Å². The molecule has 0 atom stereocenters. The third kappa shape index (κ3) is 4.09. The van der Waals surface area contributed by atoms with Crippen molar-refractivity contribution in [3.63, 3.8) is 0 Å². The Morgan fingerprint density at radius 2 is 1.72 bits per heavy atom. The number of nitrogens with zero attached hydrogens (tertiary/aromatic N) is 5. The van der Waals surface area contributed by atoms with Gasteiger partial charge in [0, 0.05) is 44.7 Å². The van der Waals surface area contributed by atoms with Crippen molar-refractivity contribution in [3.8, 4) is 11.4 Å². The lowest BCUT2D eigenvalue weighted by Crippen LogP contribution is -2.49. The highest BCUT2D eigenvalue weighted by atomic mass is 32.2. The fourth-order valence-corrected chi connectivity index (χ4v) is 5.19. The molecule has 0 spiro atoms. The van der Waals surface area contributed by atoms with Crippen molar-refractivity contribution in [1.82, 2.24) is 24.5 Å². The van der Waals surface area contributed by atoms with Crippen LogP contribution in [-0.2, 0) is 16.4 Å². The Morgan fingerprint density at radius 3 is 2.38 bits per heavy atom. The van der Waals surface area contributed by atoms with E-state index in [0.29, 0.717) is 55.8 Å². The molecule has 3 heterocycles. The fraction of sp³-hybridized carbons (Fsp3) is 0.421. The minimum atomic E-state index is -3.59. The number of rotatable bonds is 6. The van der Waals surface area contributed by atoms with E-state index >= 15 is 0 Å². The molecule has 29 heavy (non-hydrogen) atoms. The lowest BCUT2D eigenvalue weighted by molar-refractivity contribution is 0.185. The van der Waals surface area contributed by atoms with Gasteiger partial charge in [-0.2, -0.15) is 9.29 Å². The second kappa shape index (κ2) is 8.05. The summed E-state index contributed by atoms with van der Waals surface area (Å²) >= 11 is 0. The zero-order chi connectivity index (χ0) is 20.4. The van der Waals surface area contributed by atoms with Crippen LogP contribution in [0.3, 0.4) is 0 Å². The van der Waals surface area contributed by atoms with Gasteiger partial charge in [0.2, 0.25) is 21.7 Å². The molecule has 0 amide bonds. The maximum atomic E-state index is 12.9. The third-order valence-corrected chi connectivity index (χ3v) is 7.18. The summed E-state index contributed by atoms with van der Waals surface area (Å²) in [5, 5.41) is 7.80. The molecule has 3 aromatic rings. The first kappa shape index (κ1) is 19.7. The van der Waals surface area contributed by atoms with Crippen LogP contribution in [-0.4, -0.2) is 65.6 Å². The molecule has 1 aromatic carbocycles. The summed E-state index contributed by atoms with van der Waals surface area (Å²) in [4.78, 5) is 6.83. The second-order valence-electron chi connectivity index (χ2n) is 7.03. The van der Waals surface area contributed by atoms with Crippen LogP contribution in [0, 0.1) is 13.8 Å². The first-order valence-electron chi connectivity index (χ1n) is 9.48. The lowest BCUT2D eigenvalue weighted by Gasteiger charge is -2.33. The van der Waals surface area contributed by atoms with Gasteiger partial charge in [0.25, 0.3) is 0 Å². The van der Waals surface area contributed by atoms with Crippen molar-refractivity contribution >= 4 is 10.0 Å². The van der Waals surface area contributed by atoms with E-state index in [2.05, 4.69) is 20.2 Å². The van der Waals surface area contributed by atoms with Crippen LogP contribution in [0.4, 0.5) is 0 Å². The van der Waals surface area contributed by atoms with Crippen molar-refractivity contribution in [2.75, 3.05) is 32.7 Å². The molecule has 1 fully saturated rings. The first-order chi connectivity index (χ1) is 13.9. The minimum Gasteiger partial charge on any atom is -0.360 e. The maximum absolute atomic E-state index is 12.9. The molecular weight excluding hydrogens is 394 g/mol. The molecule has 9 nitrogen and oxygen atoms in total. The third-order valence-electron chi connectivity index (χ3n) is 5.04. The summed E-state index contributed by atoms with van der Waals surface area (Å²) in [7, 11) is -3.59. The fourth-order valence-electron chi connectivity index (χ4n) is 3.48. The highest BCUT2D eigenvalue weighted by Crippen LogP contribution is 2.24. The summed E-state index contributed by atoms with van der Waals surface area (Å²) in [5.41, 5.74) is 1.32. The minimum absolute atomic E-state index is 0.185. The van der Waals surface area contributed by atoms with Gasteiger partial charge in [-0.05, 0) is 13.8 Å². The van der Waals surface area contributed by atoms with Crippen molar-refractivity contribution in [3.05, 3.63) is 47.7 Å². The molecule has 154 valence electrons. The molecule has 0 radical (unpaired) electrons. The predicted molar refractivity (Wildman–Crippen MR) is 105 cm³/mol. The van der Waals surface area contributed by atoms with Gasteiger partial charge in [-0.3, -0.25) is 0 Å². The van der Waals surface area contributed by atoms with E-state index in [1.807, 2.05) is 30.3 Å². The molecule has 0 saturated carbocycles. The summed E-state index contributed by atoms with van der Waals surface area (Å²) < 4.78 is 37.6. The number of sulfonamides is 1. The molecule has 10 heteroatoms. The summed E-state index contributed by atoms with van der Waals surface area (Å²) in [6.07, 6.45) is 0.621. The van der Waals surface area contributed by atoms with Crippen LogP contribution >= 0.6 is 0 Å². The molecule has 1 saturated heterocycles. The number of aromatic nitrogens is 3. The van der Waals surface area contributed by atoms with E-state index in [1.54, 1.807) is 13.8 Å². The molecule has 1 aliphatic heterocycles. The molecule has 0 N–H and O–H groups in total. The van der Waals surface area contributed by atoms with Crippen LogP contribution in [0.25, 0.3) is 11.4 Å². The van der Waals surface area contributed by atoms with Gasteiger partial charge in [0.05, 0.1) is 0 Å². The zero-order valence-corrected chi connectivity index (χ0v) is 17.2. The van der Waals surface area contributed by atoms with E-state index in [1.165, 1.54) is 4.31 Å². The van der Waals surface area contributed by atoms with E-state index < -0.39 is 10.0 Å². The van der Waals surface area contributed by atoms with Gasteiger partial charge >= 0.3 is 0 Å². The Morgan fingerprint density at radius 1 is 1.00 bits per heavy atom. The molecule has 4 rings (SSSR count). The van der Waals surface area contributed by atoms with Gasteiger partial charge in [0.1, 0.15) is 10.6 Å². The second-order valence-corrected chi connectivity index (χ2v) is 8.90. The number of piperazine rings is 1. The maximum Gasteiger partial charge on any atom is 0.248 e. The van der Waals surface area contributed by atoms with Gasteiger partial charge in [0.15, 0.2) is 5.76 Å². The summed E-state index contributed by atoms with van der Waals surface area (Å²) in [5.74, 6) is 1.49. The molecule has 2 aromatic heterocycles. The van der Waals surface area contributed by atoms with Gasteiger partial charge in [-0.25, -0.2) is 8.42 Å². The molecular formula is C19H23N5O4S. The largest absolute Gasteiger partial charge is 0.360 e. The van der Waals surface area contributed by atoms with Crippen molar-refractivity contribution in [2.45, 2.75) is 25.2 Å². The Bertz CT molecular complexity index is 1050. The molecule has 0 bridgehead atoms. The van der Waals surface area contributed by atoms with Crippen LogP contribution in [0.1, 0.15) is 17.3 Å².